The number of rotatable bonds is 12. The highest BCUT2D eigenvalue weighted by atomic mass is 35.5. The lowest BCUT2D eigenvalue weighted by atomic mass is 10.0. The van der Waals surface area contributed by atoms with Crippen molar-refractivity contribution >= 4 is 50.7 Å². The Morgan fingerprint density at radius 2 is 1.54 bits per heavy atom. The van der Waals surface area contributed by atoms with Gasteiger partial charge in [0.2, 0.25) is 21.8 Å². The normalized spacial score (nSPS) is 12.8. The van der Waals surface area contributed by atoms with Gasteiger partial charge in [-0.2, -0.15) is 0 Å². The van der Waals surface area contributed by atoms with Gasteiger partial charge < -0.3 is 10.2 Å². The molecule has 1 N–H and O–H groups in total. The smallest absolute Gasteiger partial charge is 0.244 e. The van der Waals surface area contributed by atoms with Gasteiger partial charge in [-0.15, -0.1) is 0 Å². The first kappa shape index (κ1) is 30.5. The summed E-state index contributed by atoms with van der Waals surface area (Å²) in [4.78, 5) is 29.1. The van der Waals surface area contributed by atoms with Crippen molar-refractivity contribution in [1.82, 2.24) is 10.2 Å². The molecule has 7 nitrogen and oxygen atoms in total. The van der Waals surface area contributed by atoms with Crippen LogP contribution >= 0.6 is 23.2 Å². The number of sulfonamides is 1. The molecule has 39 heavy (non-hydrogen) atoms. The van der Waals surface area contributed by atoms with Gasteiger partial charge in [0.25, 0.3) is 0 Å². The molecular formula is C29H33Cl2N3O4S. The molecule has 0 aliphatic carbocycles. The first-order valence-electron chi connectivity index (χ1n) is 12.6. The SMILES string of the molecule is CC[C@H](C)NC(=O)[C@H](Cc1ccccc1)N(Cc1ccccc1Cl)C(=O)CN(c1ccc(Cl)cc1)S(C)(=O)=O. The van der Waals surface area contributed by atoms with E-state index >= 15 is 0 Å². The Morgan fingerprint density at radius 1 is 0.923 bits per heavy atom. The van der Waals surface area contributed by atoms with Gasteiger partial charge in [-0.1, -0.05) is 78.7 Å². The molecule has 2 atom stereocenters. The van der Waals surface area contributed by atoms with E-state index < -0.39 is 28.5 Å². The molecule has 0 spiro atoms. The number of hydrogen-bond donors (Lipinski definition) is 1. The van der Waals surface area contributed by atoms with Gasteiger partial charge in [0, 0.05) is 29.1 Å². The van der Waals surface area contributed by atoms with E-state index in [0.717, 1.165) is 16.1 Å². The van der Waals surface area contributed by atoms with Crippen LogP contribution in [0.25, 0.3) is 0 Å². The second-order valence-electron chi connectivity index (χ2n) is 9.38. The average molecular weight is 591 g/mol. The molecule has 0 aliphatic heterocycles. The Balaban J connectivity index is 2.06. The third kappa shape index (κ3) is 8.71. The van der Waals surface area contributed by atoms with Crippen LogP contribution < -0.4 is 9.62 Å². The lowest BCUT2D eigenvalue weighted by molar-refractivity contribution is -0.140. The molecule has 0 bridgehead atoms. The predicted octanol–water partition coefficient (Wildman–Crippen LogP) is 5.31. The van der Waals surface area contributed by atoms with Gasteiger partial charge in [0.05, 0.1) is 11.9 Å². The number of nitrogens with zero attached hydrogens (tertiary/aromatic N) is 2. The molecule has 0 heterocycles. The van der Waals surface area contributed by atoms with Crippen molar-refractivity contribution in [3.05, 3.63) is 100 Å². The highest BCUT2D eigenvalue weighted by Crippen LogP contribution is 2.24. The van der Waals surface area contributed by atoms with Crippen LogP contribution in [0.4, 0.5) is 5.69 Å². The summed E-state index contributed by atoms with van der Waals surface area (Å²) in [5.74, 6) is -0.874. The van der Waals surface area contributed by atoms with Crippen LogP contribution in [-0.2, 0) is 32.6 Å². The molecule has 0 unspecified atom stereocenters. The van der Waals surface area contributed by atoms with E-state index in [9.17, 15) is 18.0 Å². The van der Waals surface area contributed by atoms with Gasteiger partial charge in [-0.05, 0) is 54.8 Å². The number of anilines is 1. The molecule has 10 heteroatoms. The monoisotopic (exact) mass is 589 g/mol. The quantitative estimate of drug-likeness (QED) is 0.310. The predicted molar refractivity (Wildman–Crippen MR) is 157 cm³/mol. The zero-order valence-electron chi connectivity index (χ0n) is 22.2. The van der Waals surface area contributed by atoms with Gasteiger partial charge in [-0.25, -0.2) is 8.42 Å². The number of amides is 2. The molecule has 3 aromatic rings. The summed E-state index contributed by atoms with van der Waals surface area (Å²) in [5, 5.41) is 3.87. The molecule has 0 aromatic heterocycles. The fraction of sp³-hybridized carbons (Fsp3) is 0.310. The summed E-state index contributed by atoms with van der Waals surface area (Å²) < 4.78 is 26.6. The van der Waals surface area contributed by atoms with Crippen LogP contribution in [0, 0.1) is 0 Å². The largest absolute Gasteiger partial charge is 0.352 e. The maximum atomic E-state index is 14.0. The molecule has 0 saturated heterocycles. The van der Waals surface area contributed by atoms with Crippen LogP contribution in [0.15, 0.2) is 78.9 Å². The standard InChI is InChI=1S/C29H33Cl2N3O4S/c1-4-21(2)32-29(36)27(18-22-10-6-5-7-11-22)33(19-23-12-8-9-13-26(23)31)28(35)20-34(39(3,37)38)25-16-14-24(30)15-17-25/h5-17,21,27H,4,18-20H2,1-3H3,(H,32,36)/t21-,27-/m0/s1. The molecule has 208 valence electrons. The molecular weight excluding hydrogens is 557 g/mol. The minimum atomic E-state index is -3.85. The van der Waals surface area contributed by atoms with E-state index in [1.54, 1.807) is 36.4 Å². The van der Waals surface area contributed by atoms with Crippen LogP contribution in [0.5, 0.6) is 0 Å². The maximum Gasteiger partial charge on any atom is 0.244 e. The Morgan fingerprint density at radius 3 is 2.13 bits per heavy atom. The highest BCUT2D eigenvalue weighted by Gasteiger charge is 2.33. The van der Waals surface area contributed by atoms with E-state index in [0.29, 0.717) is 22.0 Å². The zero-order valence-corrected chi connectivity index (χ0v) is 24.5. The van der Waals surface area contributed by atoms with E-state index in [4.69, 9.17) is 23.2 Å². The molecule has 0 aliphatic rings. The molecule has 3 rings (SSSR count). The van der Waals surface area contributed by atoms with Crippen molar-refractivity contribution < 1.29 is 18.0 Å². The van der Waals surface area contributed by atoms with Gasteiger partial charge >= 0.3 is 0 Å². The van der Waals surface area contributed by atoms with Crippen LogP contribution in [0.1, 0.15) is 31.4 Å². The summed E-state index contributed by atoms with van der Waals surface area (Å²) >= 11 is 12.5. The molecule has 0 saturated carbocycles. The van der Waals surface area contributed by atoms with Crippen molar-refractivity contribution in [1.29, 1.82) is 0 Å². The summed E-state index contributed by atoms with van der Waals surface area (Å²) in [6.07, 6.45) is 1.98. The number of benzene rings is 3. The molecule has 2 amide bonds. The number of carbonyl (C=O) groups excluding carboxylic acids is 2. The van der Waals surface area contributed by atoms with E-state index in [1.165, 1.54) is 17.0 Å². The minimum Gasteiger partial charge on any atom is -0.352 e. The lowest BCUT2D eigenvalue weighted by Crippen LogP contribution is -2.54. The second kappa shape index (κ2) is 13.8. The average Bonchev–Trinajstić information content (AvgIpc) is 2.90. The fourth-order valence-electron chi connectivity index (χ4n) is 4.03. The Kier molecular flexibility index (Phi) is 10.8. The number of halogens is 2. The van der Waals surface area contributed by atoms with E-state index in [1.807, 2.05) is 44.2 Å². The highest BCUT2D eigenvalue weighted by molar-refractivity contribution is 7.92. The third-order valence-electron chi connectivity index (χ3n) is 6.36. The van der Waals surface area contributed by atoms with Crippen molar-refractivity contribution in [3.63, 3.8) is 0 Å². The first-order valence-corrected chi connectivity index (χ1v) is 15.2. The topological polar surface area (TPSA) is 86.8 Å². The Hall–Kier alpha value is -3.07. The van der Waals surface area contributed by atoms with Gasteiger partial charge in [-0.3, -0.25) is 13.9 Å². The Labute approximate surface area is 240 Å². The van der Waals surface area contributed by atoms with E-state index in [-0.39, 0.29) is 30.6 Å². The zero-order chi connectivity index (χ0) is 28.6. The fourth-order valence-corrected chi connectivity index (χ4v) is 5.20. The van der Waals surface area contributed by atoms with Crippen molar-refractivity contribution in [3.8, 4) is 0 Å². The Bertz CT molecular complexity index is 1370. The molecule has 0 fully saturated rings. The van der Waals surface area contributed by atoms with Crippen molar-refractivity contribution in [2.45, 2.75) is 45.3 Å². The summed E-state index contributed by atoms with van der Waals surface area (Å²) in [7, 11) is -3.85. The number of carbonyl (C=O) groups is 2. The van der Waals surface area contributed by atoms with Crippen LogP contribution in [-0.4, -0.2) is 50.0 Å². The van der Waals surface area contributed by atoms with Crippen molar-refractivity contribution in [2.75, 3.05) is 17.1 Å². The third-order valence-corrected chi connectivity index (χ3v) is 8.13. The maximum absolute atomic E-state index is 14.0. The summed E-state index contributed by atoms with van der Waals surface area (Å²) in [6, 6.07) is 21.6. The summed E-state index contributed by atoms with van der Waals surface area (Å²) in [6.45, 7) is 3.36. The molecule has 0 radical (unpaired) electrons. The second-order valence-corrected chi connectivity index (χ2v) is 12.1. The van der Waals surface area contributed by atoms with Gasteiger partial charge in [0.1, 0.15) is 12.6 Å². The first-order chi connectivity index (χ1) is 18.5. The lowest BCUT2D eigenvalue weighted by Gasteiger charge is -2.34. The summed E-state index contributed by atoms with van der Waals surface area (Å²) in [5.41, 5.74) is 1.78. The molecule has 3 aromatic carbocycles. The van der Waals surface area contributed by atoms with Gasteiger partial charge in [0.15, 0.2) is 0 Å². The van der Waals surface area contributed by atoms with Crippen LogP contribution in [0.2, 0.25) is 10.0 Å². The van der Waals surface area contributed by atoms with Crippen molar-refractivity contribution in [2.24, 2.45) is 0 Å². The van der Waals surface area contributed by atoms with Crippen LogP contribution in [0.3, 0.4) is 0 Å². The number of hydrogen-bond acceptors (Lipinski definition) is 4. The minimum absolute atomic E-state index is 0.0160. The number of nitrogens with one attached hydrogen (secondary N) is 1. The van der Waals surface area contributed by atoms with E-state index in [2.05, 4.69) is 5.32 Å².